The molecule has 2 nitrogen and oxygen atoms in total. The third-order valence-corrected chi connectivity index (χ3v) is 3.82. The van der Waals surface area contributed by atoms with Crippen LogP contribution in [-0.2, 0) is 0 Å². The summed E-state index contributed by atoms with van der Waals surface area (Å²) in [5.41, 5.74) is 1.50. The Morgan fingerprint density at radius 1 is 1.33 bits per heavy atom. The molecule has 2 rings (SSSR count). The first-order valence-corrected chi connectivity index (χ1v) is 6.41. The lowest BCUT2D eigenvalue weighted by Crippen LogP contribution is -2.25. The number of benzene rings is 1. The maximum Gasteiger partial charge on any atom is 0.150 e. The molecule has 1 aromatic carbocycles. The molecule has 0 N–H and O–H groups in total. The second-order valence-electron chi connectivity index (χ2n) is 6.16. The van der Waals surface area contributed by atoms with Gasteiger partial charge in [0, 0.05) is 24.3 Å². The van der Waals surface area contributed by atoms with E-state index in [4.69, 9.17) is 0 Å². The molecule has 1 heterocycles. The normalized spacial score (nSPS) is 20.2. The number of rotatable bonds is 2. The predicted molar refractivity (Wildman–Crippen MR) is 71.6 cm³/mol. The number of nitrogens with zero attached hydrogens (tertiary/aromatic N) is 1. The third-order valence-electron chi connectivity index (χ3n) is 3.82. The molecule has 0 aliphatic carbocycles. The van der Waals surface area contributed by atoms with Crippen LogP contribution in [0.1, 0.15) is 37.6 Å². The number of carbonyl (C=O) groups is 1. The Hall–Kier alpha value is -1.38. The van der Waals surface area contributed by atoms with Gasteiger partial charge in [0.1, 0.15) is 12.1 Å². The number of carbonyl (C=O) groups excluding carboxylic acids is 1. The molecular weight excluding hydrogens is 229 g/mol. The quantitative estimate of drug-likeness (QED) is 0.747. The second-order valence-corrected chi connectivity index (χ2v) is 6.16. The van der Waals surface area contributed by atoms with Crippen molar-refractivity contribution in [1.29, 1.82) is 0 Å². The fourth-order valence-electron chi connectivity index (χ4n) is 2.55. The van der Waals surface area contributed by atoms with E-state index < -0.39 is 0 Å². The molecule has 1 atom stereocenters. The van der Waals surface area contributed by atoms with Gasteiger partial charge in [0.15, 0.2) is 0 Å². The molecule has 1 saturated heterocycles. The first kappa shape index (κ1) is 13.1. The summed E-state index contributed by atoms with van der Waals surface area (Å²) in [6.07, 6.45) is 1.82. The topological polar surface area (TPSA) is 20.3 Å². The van der Waals surface area contributed by atoms with E-state index in [1.807, 2.05) is 0 Å². The summed E-state index contributed by atoms with van der Waals surface area (Å²) in [6.45, 7) is 8.59. The zero-order valence-electron chi connectivity index (χ0n) is 11.2. The summed E-state index contributed by atoms with van der Waals surface area (Å²) in [7, 11) is 0. The number of hydrogen-bond donors (Lipinski definition) is 0. The number of hydrogen-bond acceptors (Lipinski definition) is 2. The molecule has 0 bridgehead atoms. The Balaban J connectivity index is 2.19. The van der Waals surface area contributed by atoms with Crippen LogP contribution in [0.5, 0.6) is 0 Å². The van der Waals surface area contributed by atoms with Crippen LogP contribution in [0.3, 0.4) is 0 Å². The van der Waals surface area contributed by atoms with Gasteiger partial charge in [-0.05, 0) is 36.0 Å². The molecule has 98 valence electrons. The molecule has 1 aromatic rings. The Kier molecular flexibility index (Phi) is 3.42. The van der Waals surface area contributed by atoms with E-state index >= 15 is 0 Å². The molecule has 0 aromatic heterocycles. The van der Waals surface area contributed by atoms with Gasteiger partial charge >= 0.3 is 0 Å². The molecule has 1 unspecified atom stereocenters. The maximum atomic E-state index is 13.4. The van der Waals surface area contributed by atoms with E-state index in [0.29, 0.717) is 17.8 Å². The summed E-state index contributed by atoms with van der Waals surface area (Å²) in [6, 6.07) is 4.55. The van der Waals surface area contributed by atoms with E-state index in [2.05, 4.69) is 25.7 Å². The van der Waals surface area contributed by atoms with Crippen molar-refractivity contribution in [2.75, 3.05) is 18.0 Å². The van der Waals surface area contributed by atoms with Crippen LogP contribution >= 0.6 is 0 Å². The Morgan fingerprint density at radius 3 is 2.61 bits per heavy atom. The molecule has 1 aliphatic rings. The minimum atomic E-state index is -0.339. The first-order valence-electron chi connectivity index (χ1n) is 6.41. The highest BCUT2D eigenvalue weighted by molar-refractivity contribution is 5.77. The van der Waals surface area contributed by atoms with E-state index in [0.717, 1.165) is 25.2 Å². The molecule has 1 aliphatic heterocycles. The van der Waals surface area contributed by atoms with Crippen molar-refractivity contribution >= 4 is 12.0 Å². The fraction of sp³-hybridized carbons (Fsp3) is 0.533. The van der Waals surface area contributed by atoms with E-state index in [9.17, 15) is 9.18 Å². The molecule has 0 spiro atoms. The smallest absolute Gasteiger partial charge is 0.150 e. The highest BCUT2D eigenvalue weighted by atomic mass is 19.1. The second kappa shape index (κ2) is 4.71. The zero-order chi connectivity index (χ0) is 13.3. The lowest BCUT2D eigenvalue weighted by Gasteiger charge is -2.27. The average molecular weight is 249 g/mol. The summed E-state index contributed by atoms with van der Waals surface area (Å²) in [5, 5.41) is 0. The molecule has 18 heavy (non-hydrogen) atoms. The van der Waals surface area contributed by atoms with Gasteiger partial charge in [-0.1, -0.05) is 20.8 Å². The summed E-state index contributed by atoms with van der Waals surface area (Å²) in [4.78, 5) is 12.9. The largest absolute Gasteiger partial charge is 0.371 e. The van der Waals surface area contributed by atoms with Gasteiger partial charge in [-0.2, -0.15) is 0 Å². The molecule has 0 radical (unpaired) electrons. The van der Waals surface area contributed by atoms with Gasteiger partial charge < -0.3 is 4.90 Å². The van der Waals surface area contributed by atoms with Gasteiger partial charge in [0.2, 0.25) is 0 Å². The van der Waals surface area contributed by atoms with Crippen molar-refractivity contribution in [3.05, 3.63) is 29.6 Å². The lowest BCUT2D eigenvalue weighted by molar-refractivity contribution is 0.112. The molecular formula is C15H20FNO. The number of anilines is 1. The summed E-state index contributed by atoms with van der Waals surface area (Å²) < 4.78 is 13.4. The van der Waals surface area contributed by atoms with Crippen LogP contribution in [0.2, 0.25) is 0 Å². The van der Waals surface area contributed by atoms with Crippen LogP contribution in [0.25, 0.3) is 0 Å². The standard InChI is InChI=1S/C15H20FNO/c1-15(2,3)12-4-5-17(9-12)14-7-11(10-18)6-13(16)8-14/h6-8,10,12H,4-5,9H2,1-3H3. The first-order chi connectivity index (χ1) is 8.40. The van der Waals surface area contributed by atoms with Crippen LogP contribution in [0.15, 0.2) is 18.2 Å². The SMILES string of the molecule is CC(C)(C)C1CCN(c2cc(F)cc(C=O)c2)C1. The molecule has 0 amide bonds. The van der Waals surface area contributed by atoms with Crippen LogP contribution in [-0.4, -0.2) is 19.4 Å². The van der Waals surface area contributed by atoms with Crippen LogP contribution < -0.4 is 4.90 Å². The van der Waals surface area contributed by atoms with E-state index in [-0.39, 0.29) is 11.2 Å². The Morgan fingerprint density at radius 2 is 2.06 bits per heavy atom. The minimum Gasteiger partial charge on any atom is -0.371 e. The van der Waals surface area contributed by atoms with Crippen molar-refractivity contribution in [1.82, 2.24) is 0 Å². The van der Waals surface area contributed by atoms with Gasteiger partial charge in [-0.3, -0.25) is 4.79 Å². The highest BCUT2D eigenvalue weighted by Gasteiger charge is 2.31. The monoisotopic (exact) mass is 249 g/mol. The Labute approximate surface area is 108 Å². The highest BCUT2D eigenvalue weighted by Crippen LogP contribution is 2.35. The van der Waals surface area contributed by atoms with E-state index in [1.54, 1.807) is 6.07 Å². The molecule has 3 heteroatoms. The van der Waals surface area contributed by atoms with Crippen molar-refractivity contribution in [3.63, 3.8) is 0 Å². The van der Waals surface area contributed by atoms with E-state index in [1.165, 1.54) is 12.1 Å². The van der Waals surface area contributed by atoms with Gasteiger partial charge in [-0.15, -0.1) is 0 Å². The van der Waals surface area contributed by atoms with Crippen LogP contribution in [0.4, 0.5) is 10.1 Å². The zero-order valence-corrected chi connectivity index (χ0v) is 11.2. The summed E-state index contributed by atoms with van der Waals surface area (Å²) >= 11 is 0. The third kappa shape index (κ3) is 2.71. The van der Waals surface area contributed by atoms with Gasteiger partial charge in [0.25, 0.3) is 0 Å². The average Bonchev–Trinajstić information content (AvgIpc) is 2.77. The number of aldehydes is 1. The van der Waals surface area contributed by atoms with Crippen molar-refractivity contribution in [2.45, 2.75) is 27.2 Å². The van der Waals surface area contributed by atoms with Crippen molar-refractivity contribution in [2.24, 2.45) is 11.3 Å². The predicted octanol–water partition coefficient (Wildman–Crippen LogP) is 3.51. The Bertz CT molecular complexity index is 450. The lowest BCUT2D eigenvalue weighted by atomic mass is 9.80. The summed E-state index contributed by atoms with van der Waals surface area (Å²) in [5.74, 6) is 0.272. The maximum absolute atomic E-state index is 13.4. The number of halogens is 1. The van der Waals surface area contributed by atoms with Crippen molar-refractivity contribution < 1.29 is 9.18 Å². The fourth-order valence-corrected chi connectivity index (χ4v) is 2.55. The van der Waals surface area contributed by atoms with Gasteiger partial charge in [0.05, 0.1) is 0 Å². The molecule has 0 saturated carbocycles. The van der Waals surface area contributed by atoms with Gasteiger partial charge in [-0.25, -0.2) is 4.39 Å². The molecule has 1 fully saturated rings. The van der Waals surface area contributed by atoms with Crippen molar-refractivity contribution in [3.8, 4) is 0 Å². The minimum absolute atomic E-state index is 0.273. The van der Waals surface area contributed by atoms with Crippen LogP contribution in [0, 0.1) is 17.2 Å².